The zero-order valence-corrected chi connectivity index (χ0v) is 15.4. The number of guanidine groups is 1. The lowest BCUT2D eigenvalue weighted by Gasteiger charge is -2.22. The van der Waals surface area contributed by atoms with Crippen LogP contribution in [0.1, 0.15) is 65.2 Å². The van der Waals surface area contributed by atoms with Crippen LogP contribution in [-0.4, -0.2) is 51.5 Å². The first-order valence-electron chi connectivity index (χ1n) is 9.42. The molecule has 1 heterocycles. The van der Waals surface area contributed by atoms with Crippen LogP contribution in [0, 0.1) is 0 Å². The van der Waals surface area contributed by atoms with Crippen molar-refractivity contribution in [3.63, 3.8) is 0 Å². The molecule has 1 rings (SSSR count). The fourth-order valence-electron chi connectivity index (χ4n) is 2.75. The van der Waals surface area contributed by atoms with Gasteiger partial charge in [0.1, 0.15) is 0 Å². The Labute approximate surface area is 142 Å². The van der Waals surface area contributed by atoms with E-state index in [-0.39, 0.29) is 0 Å². The molecule has 0 amide bonds. The van der Waals surface area contributed by atoms with Gasteiger partial charge in [0.2, 0.25) is 0 Å². The molecule has 1 aliphatic rings. The van der Waals surface area contributed by atoms with Crippen LogP contribution < -0.4 is 10.6 Å². The topological polar surface area (TPSA) is 54.9 Å². The highest BCUT2D eigenvalue weighted by atomic mass is 16.5. The minimum atomic E-state index is 0.393. The number of unbranched alkanes of at least 4 members (excludes halogenated alkanes) is 3. The second-order valence-electron chi connectivity index (χ2n) is 6.43. The summed E-state index contributed by atoms with van der Waals surface area (Å²) in [7, 11) is 1.83. The zero-order chi connectivity index (χ0) is 16.8. The predicted molar refractivity (Wildman–Crippen MR) is 97.1 cm³/mol. The van der Waals surface area contributed by atoms with E-state index < -0.39 is 0 Å². The van der Waals surface area contributed by atoms with E-state index in [9.17, 15) is 0 Å². The fourth-order valence-corrected chi connectivity index (χ4v) is 2.75. The van der Waals surface area contributed by atoms with Crippen molar-refractivity contribution in [3.8, 4) is 0 Å². The lowest BCUT2D eigenvalue weighted by atomic mass is 10.1. The Morgan fingerprint density at radius 2 is 2.00 bits per heavy atom. The van der Waals surface area contributed by atoms with Crippen molar-refractivity contribution < 1.29 is 9.47 Å². The van der Waals surface area contributed by atoms with Crippen LogP contribution in [0.2, 0.25) is 0 Å². The van der Waals surface area contributed by atoms with Gasteiger partial charge < -0.3 is 20.1 Å². The summed E-state index contributed by atoms with van der Waals surface area (Å²) in [5.41, 5.74) is 0. The first kappa shape index (κ1) is 20.2. The Morgan fingerprint density at radius 1 is 1.22 bits per heavy atom. The minimum absolute atomic E-state index is 0.393. The Bertz CT molecular complexity index is 305. The van der Waals surface area contributed by atoms with Gasteiger partial charge in [-0.1, -0.05) is 32.6 Å². The van der Waals surface area contributed by atoms with Gasteiger partial charge in [-0.25, -0.2) is 0 Å². The molecule has 1 atom stereocenters. The van der Waals surface area contributed by atoms with Gasteiger partial charge in [-0.2, -0.15) is 0 Å². The van der Waals surface area contributed by atoms with Crippen LogP contribution in [0.3, 0.4) is 0 Å². The highest BCUT2D eigenvalue weighted by molar-refractivity contribution is 5.79. The molecule has 0 aromatic carbocycles. The van der Waals surface area contributed by atoms with Gasteiger partial charge in [0, 0.05) is 39.5 Å². The second kappa shape index (κ2) is 13.6. The van der Waals surface area contributed by atoms with E-state index in [0.717, 1.165) is 51.6 Å². The van der Waals surface area contributed by atoms with E-state index in [1.165, 1.54) is 32.1 Å². The maximum Gasteiger partial charge on any atom is 0.191 e. The number of nitrogens with one attached hydrogen (secondary N) is 2. The SMILES string of the molecule is CCCCCCC(C)NC(=NC)NCCCOC1CCOCC1. The normalized spacial score (nSPS) is 18.0. The van der Waals surface area contributed by atoms with Gasteiger partial charge >= 0.3 is 0 Å². The Kier molecular flexibility index (Phi) is 12.0. The third-order valence-corrected chi connectivity index (χ3v) is 4.23. The second-order valence-corrected chi connectivity index (χ2v) is 6.43. The predicted octanol–water partition coefficient (Wildman–Crippen LogP) is 3.10. The van der Waals surface area contributed by atoms with E-state index in [2.05, 4.69) is 29.5 Å². The molecule has 1 fully saturated rings. The van der Waals surface area contributed by atoms with Crippen molar-refractivity contribution in [1.82, 2.24) is 10.6 Å². The summed E-state index contributed by atoms with van der Waals surface area (Å²) in [6, 6.07) is 0.469. The van der Waals surface area contributed by atoms with Crippen molar-refractivity contribution in [3.05, 3.63) is 0 Å². The highest BCUT2D eigenvalue weighted by Gasteiger charge is 2.13. The lowest BCUT2D eigenvalue weighted by molar-refractivity contribution is -0.0320. The summed E-state index contributed by atoms with van der Waals surface area (Å²) in [6.45, 7) is 7.87. The molecule has 0 aromatic rings. The molecule has 2 N–H and O–H groups in total. The van der Waals surface area contributed by atoms with Gasteiger partial charge in [0.15, 0.2) is 5.96 Å². The molecule has 136 valence electrons. The van der Waals surface area contributed by atoms with Crippen molar-refractivity contribution in [2.45, 2.75) is 77.4 Å². The molecule has 1 saturated heterocycles. The number of aliphatic imine (C=N–C) groups is 1. The number of ether oxygens (including phenoxy) is 2. The Morgan fingerprint density at radius 3 is 2.70 bits per heavy atom. The van der Waals surface area contributed by atoms with Crippen molar-refractivity contribution in [1.29, 1.82) is 0 Å². The van der Waals surface area contributed by atoms with Crippen LogP contribution >= 0.6 is 0 Å². The summed E-state index contributed by atoms with van der Waals surface area (Å²) in [5, 5.41) is 6.84. The smallest absolute Gasteiger partial charge is 0.191 e. The summed E-state index contributed by atoms with van der Waals surface area (Å²) < 4.78 is 11.2. The summed E-state index contributed by atoms with van der Waals surface area (Å²) >= 11 is 0. The zero-order valence-electron chi connectivity index (χ0n) is 15.4. The van der Waals surface area contributed by atoms with Crippen LogP contribution in [0.4, 0.5) is 0 Å². The van der Waals surface area contributed by atoms with E-state index in [1.54, 1.807) is 0 Å². The van der Waals surface area contributed by atoms with E-state index in [0.29, 0.717) is 12.1 Å². The monoisotopic (exact) mass is 327 g/mol. The average Bonchev–Trinajstić information content (AvgIpc) is 2.58. The van der Waals surface area contributed by atoms with E-state index in [1.807, 2.05) is 7.05 Å². The van der Waals surface area contributed by atoms with Gasteiger partial charge in [-0.3, -0.25) is 4.99 Å². The van der Waals surface area contributed by atoms with Crippen LogP contribution in [0.5, 0.6) is 0 Å². The van der Waals surface area contributed by atoms with Gasteiger partial charge in [0.05, 0.1) is 6.10 Å². The number of hydrogen-bond acceptors (Lipinski definition) is 3. The molecule has 0 spiro atoms. The van der Waals surface area contributed by atoms with Crippen molar-refractivity contribution in [2.75, 3.05) is 33.4 Å². The molecule has 0 saturated carbocycles. The number of rotatable bonds is 11. The van der Waals surface area contributed by atoms with Crippen LogP contribution in [0.25, 0.3) is 0 Å². The molecule has 0 aliphatic carbocycles. The Hall–Kier alpha value is -0.810. The quantitative estimate of drug-likeness (QED) is 0.348. The lowest BCUT2D eigenvalue weighted by Crippen LogP contribution is -2.42. The van der Waals surface area contributed by atoms with E-state index >= 15 is 0 Å². The van der Waals surface area contributed by atoms with Crippen molar-refractivity contribution in [2.24, 2.45) is 4.99 Å². The van der Waals surface area contributed by atoms with Gasteiger partial charge in [-0.05, 0) is 32.6 Å². The first-order valence-corrected chi connectivity index (χ1v) is 9.42. The largest absolute Gasteiger partial charge is 0.381 e. The first-order chi connectivity index (χ1) is 11.3. The van der Waals surface area contributed by atoms with Gasteiger partial charge in [0.25, 0.3) is 0 Å². The summed E-state index contributed by atoms with van der Waals surface area (Å²) in [6.07, 6.45) is 9.92. The molecule has 0 radical (unpaired) electrons. The Balaban J connectivity index is 2.02. The molecule has 5 heteroatoms. The fraction of sp³-hybridized carbons (Fsp3) is 0.944. The standard InChI is InChI=1S/C18H37N3O2/c1-4-5-6-7-9-16(2)21-18(19-3)20-12-8-13-23-17-10-14-22-15-11-17/h16-17H,4-15H2,1-3H3,(H2,19,20,21). The molecule has 5 nitrogen and oxygen atoms in total. The summed E-state index contributed by atoms with van der Waals surface area (Å²) in [5.74, 6) is 0.902. The molecule has 1 unspecified atom stereocenters. The average molecular weight is 328 g/mol. The molecular weight excluding hydrogens is 290 g/mol. The maximum absolute atomic E-state index is 5.88. The molecule has 1 aliphatic heterocycles. The molecule has 0 aromatic heterocycles. The third-order valence-electron chi connectivity index (χ3n) is 4.23. The number of nitrogens with zero attached hydrogens (tertiary/aromatic N) is 1. The van der Waals surface area contributed by atoms with Crippen LogP contribution in [0.15, 0.2) is 4.99 Å². The van der Waals surface area contributed by atoms with Crippen LogP contribution in [-0.2, 0) is 9.47 Å². The van der Waals surface area contributed by atoms with E-state index in [4.69, 9.17) is 9.47 Å². The minimum Gasteiger partial charge on any atom is -0.381 e. The highest BCUT2D eigenvalue weighted by Crippen LogP contribution is 2.10. The third kappa shape index (κ3) is 10.6. The molecular formula is C18H37N3O2. The maximum atomic E-state index is 5.88. The van der Waals surface area contributed by atoms with Gasteiger partial charge in [-0.15, -0.1) is 0 Å². The summed E-state index contributed by atoms with van der Waals surface area (Å²) in [4.78, 5) is 4.30. The molecule has 23 heavy (non-hydrogen) atoms. The van der Waals surface area contributed by atoms with Crippen molar-refractivity contribution >= 4 is 5.96 Å². The molecule has 0 bridgehead atoms. The number of hydrogen-bond donors (Lipinski definition) is 2.